The van der Waals surface area contributed by atoms with E-state index in [0.29, 0.717) is 15.9 Å². The van der Waals surface area contributed by atoms with E-state index in [2.05, 4.69) is 15.3 Å². The van der Waals surface area contributed by atoms with E-state index in [9.17, 15) is 4.79 Å². The molecule has 0 radical (unpaired) electrons. The van der Waals surface area contributed by atoms with E-state index in [4.69, 9.17) is 11.6 Å². The molecular formula is C15H16ClN3OS. The van der Waals surface area contributed by atoms with Crippen LogP contribution in [-0.2, 0) is 4.79 Å². The van der Waals surface area contributed by atoms with Gasteiger partial charge < -0.3 is 5.32 Å². The van der Waals surface area contributed by atoms with Crippen molar-refractivity contribution in [3.8, 4) is 0 Å². The minimum atomic E-state index is -0.109. The molecule has 1 aromatic carbocycles. The largest absolute Gasteiger partial charge is 0.325 e. The number of nitrogens with one attached hydrogen (secondary N) is 1. The molecule has 0 aliphatic heterocycles. The Morgan fingerprint density at radius 1 is 1.19 bits per heavy atom. The number of anilines is 1. The van der Waals surface area contributed by atoms with Gasteiger partial charge in [-0.2, -0.15) is 0 Å². The summed E-state index contributed by atoms with van der Waals surface area (Å²) in [5.74, 6) is 0.150. The van der Waals surface area contributed by atoms with Crippen LogP contribution in [0.4, 0.5) is 5.69 Å². The highest BCUT2D eigenvalue weighted by Crippen LogP contribution is 2.20. The van der Waals surface area contributed by atoms with Crippen LogP contribution in [0.15, 0.2) is 29.4 Å². The Morgan fingerprint density at radius 3 is 2.48 bits per heavy atom. The van der Waals surface area contributed by atoms with Crippen LogP contribution in [0.3, 0.4) is 0 Å². The quantitative estimate of drug-likeness (QED) is 0.687. The highest BCUT2D eigenvalue weighted by atomic mass is 35.5. The van der Waals surface area contributed by atoms with Gasteiger partial charge in [-0.15, -0.1) is 0 Å². The number of hydrogen-bond acceptors (Lipinski definition) is 4. The molecule has 0 fully saturated rings. The van der Waals surface area contributed by atoms with Crippen LogP contribution in [0.1, 0.15) is 17.0 Å². The van der Waals surface area contributed by atoms with E-state index in [0.717, 1.165) is 17.0 Å². The number of aryl methyl sites for hydroxylation is 3. The maximum Gasteiger partial charge on any atom is 0.234 e. The van der Waals surface area contributed by atoms with E-state index in [1.165, 1.54) is 11.8 Å². The lowest BCUT2D eigenvalue weighted by molar-refractivity contribution is -0.113. The van der Waals surface area contributed by atoms with Gasteiger partial charge in [-0.1, -0.05) is 29.4 Å². The van der Waals surface area contributed by atoms with Gasteiger partial charge >= 0.3 is 0 Å². The van der Waals surface area contributed by atoms with Gasteiger partial charge in [0, 0.05) is 22.1 Å². The average Bonchev–Trinajstić information content (AvgIpc) is 2.40. The maximum absolute atomic E-state index is 11.9. The number of carbonyl (C=O) groups excluding carboxylic acids is 1. The second kappa shape index (κ2) is 6.91. The van der Waals surface area contributed by atoms with Gasteiger partial charge in [0.1, 0.15) is 0 Å². The van der Waals surface area contributed by atoms with E-state index in [-0.39, 0.29) is 11.7 Å². The molecule has 0 atom stereocenters. The second-order valence-corrected chi connectivity index (χ2v) is 6.08. The first-order valence-corrected chi connectivity index (χ1v) is 7.81. The third kappa shape index (κ3) is 4.72. The first kappa shape index (κ1) is 15.8. The van der Waals surface area contributed by atoms with Crippen LogP contribution in [-0.4, -0.2) is 21.6 Å². The Morgan fingerprint density at radius 2 is 1.86 bits per heavy atom. The molecule has 110 valence electrons. The van der Waals surface area contributed by atoms with E-state index in [1.54, 1.807) is 6.07 Å². The summed E-state index contributed by atoms with van der Waals surface area (Å²) < 4.78 is 0. The van der Waals surface area contributed by atoms with Gasteiger partial charge in [0.05, 0.1) is 5.75 Å². The number of hydrogen-bond donors (Lipinski definition) is 1. The van der Waals surface area contributed by atoms with Crippen molar-refractivity contribution in [2.24, 2.45) is 0 Å². The maximum atomic E-state index is 11.9. The van der Waals surface area contributed by atoms with Crippen molar-refractivity contribution in [1.29, 1.82) is 0 Å². The zero-order valence-corrected chi connectivity index (χ0v) is 13.7. The molecular weight excluding hydrogens is 306 g/mol. The molecule has 1 aromatic heterocycles. The smallest absolute Gasteiger partial charge is 0.234 e. The first-order valence-electron chi connectivity index (χ1n) is 6.45. The molecule has 2 rings (SSSR count). The Hall–Kier alpha value is -1.59. The number of benzene rings is 1. The van der Waals surface area contributed by atoms with Crippen molar-refractivity contribution in [3.05, 3.63) is 46.2 Å². The normalized spacial score (nSPS) is 10.5. The van der Waals surface area contributed by atoms with Crippen molar-refractivity contribution in [3.63, 3.8) is 0 Å². The summed E-state index contributed by atoms with van der Waals surface area (Å²) in [5.41, 5.74) is 3.47. The first-order chi connectivity index (χ1) is 9.94. The van der Waals surface area contributed by atoms with Crippen LogP contribution in [0.2, 0.25) is 5.02 Å². The highest BCUT2D eigenvalue weighted by molar-refractivity contribution is 7.99. The summed E-state index contributed by atoms with van der Waals surface area (Å²) in [6.45, 7) is 5.74. The summed E-state index contributed by atoms with van der Waals surface area (Å²) >= 11 is 7.34. The summed E-state index contributed by atoms with van der Waals surface area (Å²) in [5, 5.41) is 4.06. The van der Waals surface area contributed by atoms with E-state index >= 15 is 0 Å². The van der Waals surface area contributed by atoms with E-state index in [1.807, 2.05) is 39.0 Å². The van der Waals surface area contributed by atoms with Crippen LogP contribution >= 0.6 is 23.4 Å². The second-order valence-electron chi connectivity index (χ2n) is 4.73. The van der Waals surface area contributed by atoms with Gasteiger partial charge in [-0.3, -0.25) is 4.79 Å². The van der Waals surface area contributed by atoms with Crippen LogP contribution in [0, 0.1) is 20.8 Å². The fraction of sp³-hybridized carbons (Fsp3) is 0.267. The topological polar surface area (TPSA) is 54.9 Å². The Balaban J connectivity index is 1.94. The number of aromatic nitrogens is 2. The van der Waals surface area contributed by atoms with E-state index < -0.39 is 0 Å². The molecule has 2 aromatic rings. The number of thioether (sulfide) groups is 1. The predicted molar refractivity (Wildman–Crippen MR) is 87.0 cm³/mol. The van der Waals surface area contributed by atoms with Gasteiger partial charge in [-0.05, 0) is 44.5 Å². The fourth-order valence-electron chi connectivity index (χ4n) is 1.76. The molecule has 21 heavy (non-hydrogen) atoms. The van der Waals surface area contributed by atoms with Gasteiger partial charge in [0.25, 0.3) is 0 Å². The molecule has 0 bridgehead atoms. The van der Waals surface area contributed by atoms with Crippen molar-refractivity contribution in [2.45, 2.75) is 25.9 Å². The van der Waals surface area contributed by atoms with Crippen molar-refractivity contribution >= 4 is 35.0 Å². The molecule has 1 N–H and O–H groups in total. The van der Waals surface area contributed by atoms with Crippen molar-refractivity contribution in [2.75, 3.05) is 11.1 Å². The van der Waals surface area contributed by atoms with Gasteiger partial charge in [0.2, 0.25) is 5.91 Å². The third-order valence-electron chi connectivity index (χ3n) is 2.75. The number of amides is 1. The number of carbonyl (C=O) groups is 1. The van der Waals surface area contributed by atoms with Gasteiger partial charge in [-0.25, -0.2) is 9.97 Å². The summed E-state index contributed by atoms with van der Waals surface area (Å²) in [4.78, 5) is 20.5. The molecule has 0 saturated carbocycles. The number of halogens is 1. The third-order valence-corrected chi connectivity index (χ3v) is 4.00. The lowest BCUT2D eigenvalue weighted by Crippen LogP contribution is -2.14. The predicted octanol–water partition coefficient (Wildman–Crippen LogP) is 3.79. The van der Waals surface area contributed by atoms with Crippen LogP contribution in [0.5, 0.6) is 0 Å². The molecule has 1 heterocycles. The Bertz CT molecular complexity index is 656. The monoisotopic (exact) mass is 321 g/mol. The van der Waals surface area contributed by atoms with Crippen LogP contribution in [0.25, 0.3) is 0 Å². The standard InChI is InChI=1S/C15H16ClN3OS/c1-9-4-5-12(7-13(9)16)19-14(20)8-21-15-17-10(2)6-11(3)18-15/h4-7H,8H2,1-3H3,(H,19,20). The highest BCUT2D eigenvalue weighted by Gasteiger charge is 2.07. The fourth-order valence-corrected chi connectivity index (χ4v) is 2.69. The van der Waals surface area contributed by atoms with Gasteiger partial charge in [0.15, 0.2) is 5.16 Å². The van der Waals surface area contributed by atoms with Crippen LogP contribution < -0.4 is 5.32 Å². The summed E-state index contributed by atoms with van der Waals surface area (Å²) in [6.07, 6.45) is 0. The Kier molecular flexibility index (Phi) is 5.20. The minimum Gasteiger partial charge on any atom is -0.325 e. The van der Waals surface area contributed by atoms with Crippen molar-refractivity contribution < 1.29 is 4.79 Å². The lowest BCUT2D eigenvalue weighted by Gasteiger charge is -2.07. The summed E-state index contributed by atoms with van der Waals surface area (Å²) in [7, 11) is 0. The molecule has 6 heteroatoms. The Labute approximate surface area is 133 Å². The van der Waals surface area contributed by atoms with Crippen molar-refractivity contribution in [1.82, 2.24) is 9.97 Å². The number of nitrogens with zero attached hydrogens (tertiary/aromatic N) is 2. The minimum absolute atomic E-state index is 0.109. The average molecular weight is 322 g/mol. The zero-order valence-electron chi connectivity index (χ0n) is 12.1. The molecule has 0 unspecified atom stereocenters. The molecule has 1 amide bonds. The molecule has 0 saturated heterocycles. The lowest BCUT2D eigenvalue weighted by atomic mass is 10.2. The molecule has 4 nitrogen and oxygen atoms in total. The summed E-state index contributed by atoms with van der Waals surface area (Å²) in [6, 6.07) is 7.35. The number of rotatable bonds is 4. The molecule has 0 aliphatic rings. The zero-order chi connectivity index (χ0) is 15.4. The molecule has 0 aliphatic carbocycles. The molecule has 0 spiro atoms. The SMILES string of the molecule is Cc1cc(C)nc(SCC(=O)Nc2ccc(C)c(Cl)c2)n1.